The van der Waals surface area contributed by atoms with Gasteiger partial charge in [-0.1, -0.05) is 18.2 Å². The van der Waals surface area contributed by atoms with Crippen molar-refractivity contribution in [1.29, 1.82) is 0 Å². The molecule has 1 amide bonds. The van der Waals surface area contributed by atoms with E-state index in [1.54, 1.807) is 30.3 Å². The highest BCUT2D eigenvalue weighted by Gasteiger charge is 2.33. The van der Waals surface area contributed by atoms with E-state index in [-0.39, 0.29) is 41.7 Å². The molecule has 2 N–H and O–H groups in total. The Morgan fingerprint density at radius 1 is 1.33 bits per heavy atom. The molecule has 0 bridgehead atoms. The molecule has 2 rings (SSSR count). The van der Waals surface area contributed by atoms with Gasteiger partial charge in [0, 0.05) is 25.7 Å². The third kappa shape index (κ3) is 5.17. The normalized spacial score (nSPS) is 20.0. The van der Waals surface area contributed by atoms with Gasteiger partial charge in [0.2, 0.25) is 15.9 Å². The second-order valence-corrected chi connectivity index (χ2v) is 7.89. The Morgan fingerprint density at radius 3 is 2.62 bits per heavy atom. The van der Waals surface area contributed by atoms with Gasteiger partial charge in [0.25, 0.3) is 0 Å². The summed E-state index contributed by atoms with van der Waals surface area (Å²) in [5.74, 6) is -0.355. The summed E-state index contributed by atoms with van der Waals surface area (Å²) in [5.41, 5.74) is 0. The molecule has 1 aromatic rings. The third-order valence-corrected chi connectivity index (χ3v) is 6.09. The lowest BCUT2D eigenvalue weighted by Gasteiger charge is -2.31. The Bertz CT molecular complexity index is 625. The molecule has 0 spiro atoms. The highest BCUT2D eigenvalue weighted by molar-refractivity contribution is 7.89. The number of amides is 1. The predicted molar refractivity (Wildman–Crippen MR) is 96.7 cm³/mol. The van der Waals surface area contributed by atoms with Gasteiger partial charge in [-0.3, -0.25) is 4.79 Å². The quantitative estimate of drug-likeness (QED) is 0.784. The van der Waals surface area contributed by atoms with Gasteiger partial charge in [-0.2, -0.15) is 4.31 Å². The van der Waals surface area contributed by atoms with E-state index in [9.17, 15) is 13.2 Å². The molecule has 8 heteroatoms. The van der Waals surface area contributed by atoms with Crippen LogP contribution < -0.4 is 10.6 Å². The van der Waals surface area contributed by atoms with Gasteiger partial charge in [-0.05, 0) is 38.9 Å². The smallest absolute Gasteiger partial charge is 0.243 e. The van der Waals surface area contributed by atoms with Crippen LogP contribution in [0.1, 0.15) is 19.8 Å². The number of sulfonamides is 1. The largest absolute Gasteiger partial charge is 0.354 e. The van der Waals surface area contributed by atoms with Crippen LogP contribution in [0.5, 0.6) is 0 Å². The number of likely N-dealkylation sites (N-methyl/N-ethyl adjacent to an activating group) is 1. The maximum absolute atomic E-state index is 12.7. The second-order valence-electron chi connectivity index (χ2n) is 5.95. The van der Waals surface area contributed by atoms with Gasteiger partial charge < -0.3 is 10.6 Å². The number of hydrogen-bond acceptors (Lipinski definition) is 4. The van der Waals surface area contributed by atoms with E-state index in [1.165, 1.54) is 4.31 Å². The molecule has 2 atom stereocenters. The lowest BCUT2D eigenvalue weighted by atomic mass is 9.99. The average Bonchev–Trinajstić information content (AvgIpc) is 2.60. The molecule has 136 valence electrons. The molecule has 1 aliphatic heterocycles. The molecule has 1 fully saturated rings. The van der Waals surface area contributed by atoms with E-state index in [2.05, 4.69) is 10.6 Å². The summed E-state index contributed by atoms with van der Waals surface area (Å²) in [7, 11) is -1.68. The van der Waals surface area contributed by atoms with Crippen molar-refractivity contribution in [2.45, 2.75) is 30.7 Å². The molecule has 1 saturated heterocycles. The summed E-state index contributed by atoms with van der Waals surface area (Å²) in [6, 6.07) is 8.57. The fourth-order valence-corrected chi connectivity index (χ4v) is 4.16. The first-order valence-electron chi connectivity index (χ1n) is 7.95. The molecule has 0 aliphatic carbocycles. The first kappa shape index (κ1) is 20.9. The fourth-order valence-electron chi connectivity index (χ4n) is 2.62. The topological polar surface area (TPSA) is 78.5 Å². The van der Waals surface area contributed by atoms with Crippen LogP contribution in [0.25, 0.3) is 0 Å². The first-order valence-corrected chi connectivity index (χ1v) is 9.39. The predicted octanol–water partition coefficient (Wildman–Crippen LogP) is 1.23. The lowest BCUT2D eigenvalue weighted by Crippen LogP contribution is -2.47. The van der Waals surface area contributed by atoms with Crippen LogP contribution in [0.4, 0.5) is 0 Å². The van der Waals surface area contributed by atoms with Crippen LogP contribution in [0, 0.1) is 5.92 Å². The number of nitrogens with zero attached hydrogens (tertiary/aromatic N) is 1. The number of nitrogens with one attached hydrogen (secondary N) is 2. The SMILES string of the molecule is CNC(C)CNC(=O)C1CCCN(S(=O)(=O)c2ccccc2)C1.Cl. The highest BCUT2D eigenvalue weighted by Crippen LogP contribution is 2.23. The molecule has 1 aromatic carbocycles. The summed E-state index contributed by atoms with van der Waals surface area (Å²) in [4.78, 5) is 12.5. The molecule has 0 saturated carbocycles. The summed E-state index contributed by atoms with van der Waals surface area (Å²) in [6.45, 7) is 3.23. The second kappa shape index (κ2) is 9.36. The van der Waals surface area contributed by atoms with E-state index < -0.39 is 10.0 Å². The van der Waals surface area contributed by atoms with E-state index in [0.29, 0.717) is 19.5 Å². The maximum atomic E-state index is 12.7. The van der Waals surface area contributed by atoms with Crippen LogP contribution in [-0.2, 0) is 14.8 Å². The summed E-state index contributed by atoms with van der Waals surface area (Å²) in [5, 5.41) is 5.95. The molecular weight excluding hydrogens is 350 g/mol. The van der Waals surface area contributed by atoms with Crippen molar-refractivity contribution >= 4 is 28.3 Å². The molecule has 6 nitrogen and oxygen atoms in total. The Kier molecular flexibility index (Phi) is 8.15. The molecule has 0 radical (unpaired) electrons. The zero-order valence-electron chi connectivity index (χ0n) is 14.1. The van der Waals surface area contributed by atoms with E-state index in [0.717, 1.165) is 6.42 Å². The van der Waals surface area contributed by atoms with Gasteiger partial charge in [0.05, 0.1) is 10.8 Å². The fraction of sp³-hybridized carbons (Fsp3) is 0.562. The van der Waals surface area contributed by atoms with Gasteiger partial charge in [0.1, 0.15) is 0 Å². The molecule has 1 heterocycles. The zero-order chi connectivity index (χ0) is 16.9. The minimum Gasteiger partial charge on any atom is -0.354 e. The van der Waals surface area contributed by atoms with Crippen molar-refractivity contribution in [3.05, 3.63) is 30.3 Å². The zero-order valence-corrected chi connectivity index (χ0v) is 15.7. The van der Waals surface area contributed by atoms with Gasteiger partial charge in [0.15, 0.2) is 0 Å². The van der Waals surface area contributed by atoms with Crippen LogP contribution in [0.15, 0.2) is 35.2 Å². The van der Waals surface area contributed by atoms with Crippen molar-refractivity contribution in [2.75, 3.05) is 26.7 Å². The van der Waals surface area contributed by atoms with Crippen molar-refractivity contribution in [3.8, 4) is 0 Å². The average molecular weight is 376 g/mol. The first-order chi connectivity index (χ1) is 10.9. The molecule has 1 aliphatic rings. The number of halogens is 1. The number of rotatable bonds is 6. The van der Waals surface area contributed by atoms with Crippen LogP contribution >= 0.6 is 12.4 Å². The van der Waals surface area contributed by atoms with Crippen LogP contribution in [0.3, 0.4) is 0 Å². The van der Waals surface area contributed by atoms with E-state index in [1.807, 2.05) is 14.0 Å². The Balaban J connectivity index is 0.00000288. The van der Waals surface area contributed by atoms with Crippen molar-refractivity contribution in [2.24, 2.45) is 5.92 Å². The summed E-state index contributed by atoms with van der Waals surface area (Å²) >= 11 is 0. The Hall–Kier alpha value is -1.15. The van der Waals surface area contributed by atoms with Gasteiger partial charge in [-0.15, -0.1) is 12.4 Å². The van der Waals surface area contributed by atoms with Crippen molar-refractivity contribution in [1.82, 2.24) is 14.9 Å². The summed E-state index contributed by atoms with van der Waals surface area (Å²) in [6.07, 6.45) is 1.42. The number of benzene rings is 1. The Labute approximate surface area is 150 Å². The lowest BCUT2D eigenvalue weighted by molar-refractivity contribution is -0.126. The standard InChI is InChI=1S/C16H25N3O3S.ClH/c1-13(17-2)11-18-16(20)14-7-6-10-19(12-14)23(21,22)15-8-4-3-5-9-15;/h3-5,8-9,13-14,17H,6-7,10-12H2,1-2H3,(H,18,20);1H. The minimum atomic E-state index is -3.52. The monoisotopic (exact) mass is 375 g/mol. The number of carbonyl (C=O) groups is 1. The van der Waals surface area contributed by atoms with Gasteiger partial charge in [-0.25, -0.2) is 8.42 Å². The minimum absolute atomic E-state index is 0. The Morgan fingerprint density at radius 2 is 2.00 bits per heavy atom. The van der Waals surface area contributed by atoms with Crippen molar-refractivity contribution < 1.29 is 13.2 Å². The van der Waals surface area contributed by atoms with Crippen molar-refractivity contribution in [3.63, 3.8) is 0 Å². The van der Waals surface area contributed by atoms with Crippen LogP contribution in [-0.4, -0.2) is 51.4 Å². The van der Waals surface area contributed by atoms with E-state index in [4.69, 9.17) is 0 Å². The number of carbonyl (C=O) groups excluding carboxylic acids is 1. The molecule has 24 heavy (non-hydrogen) atoms. The van der Waals surface area contributed by atoms with Crippen LogP contribution in [0.2, 0.25) is 0 Å². The molecule has 2 unspecified atom stereocenters. The third-order valence-electron chi connectivity index (χ3n) is 4.21. The molecular formula is C16H26ClN3O3S. The van der Waals surface area contributed by atoms with E-state index >= 15 is 0 Å². The maximum Gasteiger partial charge on any atom is 0.243 e. The summed E-state index contributed by atoms with van der Waals surface area (Å²) < 4.78 is 26.7. The highest BCUT2D eigenvalue weighted by atomic mass is 35.5. The van der Waals surface area contributed by atoms with Gasteiger partial charge >= 0.3 is 0 Å². The number of hydrogen-bond donors (Lipinski definition) is 2. The molecule has 0 aromatic heterocycles. The number of piperidine rings is 1.